The molecular formula is C20H25N3OS. The number of rotatable bonds is 5. The summed E-state index contributed by atoms with van der Waals surface area (Å²) in [7, 11) is 3.48. The quantitative estimate of drug-likeness (QED) is 0.792. The van der Waals surface area contributed by atoms with Crippen LogP contribution >= 0.6 is 12.2 Å². The molecule has 0 radical (unpaired) electrons. The van der Waals surface area contributed by atoms with E-state index in [9.17, 15) is 4.79 Å². The van der Waals surface area contributed by atoms with Gasteiger partial charge in [0.15, 0.2) is 5.11 Å². The molecule has 0 aromatic heterocycles. The molecule has 1 unspecified atom stereocenters. The Bertz CT molecular complexity index is 724. The van der Waals surface area contributed by atoms with Gasteiger partial charge in [-0.05, 0) is 55.4 Å². The Kier molecular flexibility index (Phi) is 6.53. The van der Waals surface area contributed by atoms with Crippen molar-refractivity contribution in [2.75, 3.05) is 19.4 Å². The van der Waals surface area contributed by atoms with Crippen molar-refractivity contribution in [1.82, 2.24) is 10.2 Å². The summed E-state index contributed by atoms with van der Waals surface area (Å²) in [6.45, 7) is 4.21. The Hall–Kier alpha value is -2.40. The van der Waals surface area contributed by atoms with E-state index in [1.165, 1.54) is 11.1 Å². The summed E-state index contributed by atoms with van der Waals surface area (Å²) < 4.78 is 0. The summed E-state index contributed by atoms with van der Waals surface area (Å²) in [5.41, 5.74) is 3.96. The third kappa shape index (κ3) is 5.29. The number of benzene rings is 2. The minimum Gasteiger partial charge on any atom is -0.356 e. The number of amides is 1. The van der Waals surface area contributed by atoms with Crippen LogP contribution in [0.25, 0.3) is 0 Å². The summed E-state index contributed by atoms with van der Waals surface area (Å²) in [5.74, 6) is -0.0160. The van der Waals surface area contributed by atoms with Crippen LogP contribution in [0.1, 0.15) is 40.9 Å². The lowest BCUT2D eigenvalue weighted by Crippen LogP contribution is -2.32. The molecule has 25 heavy (non-hydrogen) atoms. The molecule has 1 atom stereocenters. The van der Waals surface area contributed by atoms with Crippen LogP contribution in [0.5, 0.6) is 0 Å². The van der Waals surface area contributed by atoms with Crippen molar-refractivity contribution in [2.24, 2.45) is 0 Å². The Labute approximate surface area is 155 Å². The van der Waals surface area contributed by atoms with Crippen LogP contribution in [0.15, 0.2) is 48.5 Å². The molecule has 0 aliphatic heterocycles. The molecule has 0 heterocycles. The molecule has 4 nitrogen and oxygen atoms in total. The van der Waals surface area contributed by atoms with E-state index in [0.717, 1.165) is 12.1 Å². The van der Waals surface area contributed by atoms with Crippen LogP contribution in [0.2, 0.25) is 0 Å². The van der Waals surface area contributed by atoms with E-state index < -0.39 is 0 Å². The number of anilines is 1. The zero-order valence-corrected chi connectivity index (χ0v) is 16.0. The van der Waals surface area contributed by atoms with Gasteiger partial charge in [0.2, 0.25) is 0 Å². The third-order valence-corrected chi connectivity index (χ3v) is 4.21. The highest BCUT2D eigenvalue weighted by Gasteiger charge is 2.11. The van der Waals surface area contributed by atoms with Crippen molar-refractivity contribution in [1.29, 1.82) is 0 Å². The predicted molar refractivity (Wildman–Crippen MR) is 108 cm³/mol. The monoisotopic (exact) mass is 355 g/mol. The fraction of sp³-hybridized carbons (Fsp3) is 0.300. The number of nitrogens with zero attached hydrogens (tertiary/aromatic N) is 1. The average Bonchev–Trinajstić information content (AvgIpc) is 2.60. The van der Waals surface area contributed by atoms with Crippen LogP contribution in [0, 0.1) is 6.92 Å². The summed E-state index contributed by atoms with van der Waals surface area (Å²) in [4.78, 5) is 13.5. The minimum atomic E-state index is -0.0160. The minimum absolute atomic E-state index is 0.0160. The Morgan fingerprint density at radius 3 is 2.20 bits per heavy atom. The van der Waals surface area contributed by atoms with Crippen molar-refractivity contribution in [3.05, 3.63) is 65.2 Å². The Balaban J connectivity index is 1.99. The first-order chi connectivity index (χ1) is 11.9. The number of carbonyl (C=O) groups is 1. The molecule has 5 heteroatoms. The van der Waals surface area contributed by atoms with Gasteiger partial charge in [-0.15, -0.1) is 0 Å². The zero-order chi connectivity index (χ0) is 18.4. The van der Waals surface area contributed by atoms with Crippen LogP contribution in [0.4, 0.5) is 5.69 Å². The van der Waals surface area contributed by atoms with Crippen LogP contribution in [-0.4, -0.2) is 30.0 Å². The number of hydrogen-bond acceptors (Lipinski definition) is 2. The molecule has 132 valence electrons. The lowest BCUT2D eigenvalue weighted by atomic mass is 10.0. The molecule has 1 amide bonds. The maximum atomic E-state index is 11.9. The molecule has 0 aliphatic rings. The van der Waals surface area contributed by atoms with E-state index in [1.54, 1.807) is 31.1 Å². The maximum absolute atomic E-state index is 11.9. The second-order valence-corrected chi connectivity index (χ2v) is 6.66. The van der Waals surface area contributed by atoms with Gasteiger partial charge in [-0.2, -0.15) is 0 Å². The number of carbonyl (C=O) groups excluding carboxylic acids is 1. The first-order valence-corrected chi connectivity index (χ1v) is 8.77. The molecular weight excluding hydrogens is 330 g/mol. The van der Waals surface area contributed by atoms with Gasteiger partial charge in [0.05, 0.1) is 6.04 Å². The number of hydrogen-bond donors (Lipinski definition) is 2. The molecule has 2 N–H and O–H groups in total. The van der Waals surface area contributed by atoms with E-state index >= 15 is 0 Å². The van der Waals surface area contributed by atoms with Gasteiger partial charge in [0.1, 0.15) is 0 Å². The van der Waals surface area contributed by atoms with Crippen LogP contribution < -0.4 is 10.6 Å². The smallest absolute Gasteiger partial charge is 0.253 e. The molecule has 0 fully saturated rings. The van der Waals surface area contributed by atoms with Crippen LogP contribution in [0.3, 0.4) is 0 Å². The van der Waals surface area contributed by atoms with E-state index in [2.05, 4.69) is 48.7 Å². The van der Waals surface area contributed by atoms with Crippen molar-refractivity contribution >= 4 is 28.9 Å². The summed E-state index contributed by atoms with van der Waals surface area (Å²) in [6.07, 6.45) is 0.932. The molecule has 2 aromatic carbocycles. The predicted octanol–water partition coefficient (Wildman–Crippen LogP) is 4.13. The Morgan fingerprint density at radius 2 is 1.68 bits per heavy atom. The van der Waals surface area contributed by atoms with E-state index in [0.29, 0.717) is 10.7 Å². The van der Waals surface area contributed by atoms with Gasteiger partial charge in [0.25, 0.3) is 5.91 Å². The van der Waals surface area contributed by atoms with Gasteiger partial charge >= 0.3 is 0 Å². The van der Waals surface area contributed by atoms with Crippen molar-refractivity contribution in [2.45, 2.75) is 26.3 Å². The average molecular weight is 356 g/mol. The summed E-state index contributed by atoms with van der Waals surface area (Å²) in [5, 5.41) is 7.10. The molecule has 0 spiro atoms. The highest BCUT2D eigenvalue weighted by atomic mass is 32.1. The molecule has 0 saturated carbocycles. The van der Waals surface area contributed by atoms with E-state index in [-0.39, 0.29) is 11.9 Å². The fourth-order valence-corrected chi connectivity index (χ4v) is 2.76. The summed E-state index contributed by atoms with van der Waals surface area (Å²) >= 11 is 5.43. The van der Waals surface area contributed by atoms with E-state index in [1.807, 2.05) is 12.1 Å². The molecule has 0 bridgehead atoms. The zero-order valence-electron chi connectivity index (χ0n) is 15.2. The number of nitrogens with one attached hydrogen (secondary N) is 2. The van der Waals surface area contributed by atoms with Crippen molar-refractivity contribution in [3.8, 4) is 0 Å². The topological polar surface area (TPSA) is 44.4 Å². The van der Waals surface area contributed by atoms with Crippen molar-refractivity contribution in [3.63, 3.8) is 0 Å². The number of thiocarbonyl (C=S) groups is 1. The summed E-state index contributed by atoms with van der Waals surface area (Å²) in [6, 6.07) is 15.9. The fourth-order valence-electron chi connectivity index (χ4n) is 2.50. The van der Waals surface area contributed by atoms with Gasteiger partial charge < -0.3 is 15.5 Å². The second-order valence-electron chi connectivity index (χ2n) is 6.25. The first kappa shape index (κ1) is 18.9. The number of aryl methyl sites for hydroxylation is 1. The third-order valence-electron chi connectivity index (χ3n) is 3.99. The first-order valence-electron chi connectivity index (χ1n) is 8.36. The van der Waals surface area contributed by atoms with Gasteiger partial charge in [-0.3, -0.25) is 4.79 Å². The van der Waals surface area contributed by atoms with Gasteiger partial charge in [-0.25, -0.2) is 0 Å². The van der Waals surface area contributed by atoms with Gasteiger partial charge in [-0.1, -0.05) is 36.8 Å². The highest BCUT2D eigenvalue weighted by molar-refractivity contribution is 7.80. The normalized spacial score (nSPS) is 11.5. The second kappa shape index (κ2) is 8.62. The SMILES string of the molecule is CCC(NC(=S)Nc1ccc(C(=O)N(C)C)cc1)c1ccc(C)cc1. The standard InChI is InChI=1S/C20H25N3OS/c1-5-18(15-8-6-14(2)7-9-15)22-20(25)21-17-12-10-16(11-13-17)19(24)23(3)4/h6-13,18H,5H2,1-4H3,(H2,21,22,25). The molecule has 0 saturated heterocycles. The van der Waals surface area contributed by atoms with Crippen molar-refractivity contribution < 1.29 is 4.79 Å². The lowest BCUT2D eigenvalue weighted by Gasteiger charge is -2.20. The van der Waals surface area contributed by atoms with E-state index in [4.69, 9.17) is 12.2 Å². The molecule has 2 rings (SSSR count). The maximum Gasteiger partial charge on any atom is 0.253 e. The van der Waals surface area contributed by atoms with Crippen LogP contribution in [-0.2, 0) is 0 Å². The largest absolute Gasteiger partial charge is 0.356 e. The van der Waals surface area contributed by atoms with Gasteiger partial charge in [0, 0.05) is 25.3 Å². The lowest BCUT2D eigenvalue weighted by molar-refractivity contribution is 0.0827. The molecule has 2 aromatic rings. The molecule has 0 aliphatic carbocycles. The highest BCUT2D eigenvalue weighted by Crippen LogP contribution is 2.18. The Morgan fingerprint density at radius 1 is 1.08 bits per heavy atom.